The van der Waals surface area contributed by atoms with Crippen molar-refractivity contribution in [1.29, 1.82) is 0 Å². The van der Waals surface area contributed by atoms with E-state index >= 15 is 0 Å². The number of hydrogen-bond donors (Lipinski definition) is 1. The van der Waals surface area contributed by atoms with Gasteiger partial charge in [0.15, 0.2) is 0 Å². The van der Waals surface area contributed by atoms with Crippen LogP contribution in [0.1, 0.15) is 47.5 Å². The SMILES string of the molecule is CCNC1C(N(CC)CC)CCC1(C)C. The first-order valence-electron chi connectivity index (χ1n) is 6.54. The molecule has 1 fully saturated rings. The van der Waals surface area contributed by atoms with Gasteiger partial charge in [0.2, 0.25) is 0 Å². The lowest BCUT2D eigenvalue weighted by Gasteiger charge is -2.36. The van der Waals surface area contributed by atoms with Crippen LogP contribution in [0.4, 0.5) is 0 Å². The van der Waals surface area contributed by atoms with Gasteiger partial charge in [-0.1, -0.05) is 34.6 Å². The highest BCUT2D eigenvalue weighted by Gasteiger charge is 2.43. The molecule has 0 spiro atoms. The van der Waals surface area contributed by atoms with Crippen molar-refractivity contribution < 1.29 is 0 Å². The fraction of sp³-hybridized carbons (Fsp3) is 1.00. The van der Waals surface area contributed by atoms with Gasteiger partial charge in [0.05, 0.1) is 0 Å². The van der Waals surface area contributed by atoms with Gasteiger partial charge in [-0.3, -0.25) is 4.90 Å². The van der Waals surface area contributed by atoms with Gasteiger partial charge in [0, 0.05) is 12.1 Å². The van der Waals surface area contributed by atoms with Crippen molar-refractivity contribution in [2.45, 2.75) is 59.5 Å². The minimum atomic E-state index is 0.462. The maximum atomic E-state index is 3.69. The zero-order valence-corrected chi connectivity index (χ0v) is 11.1. The number of rotatable bonds is 5. The van der Waals surface area contributed by atoms with Crippen LogP contribution in [0.15, 0.2) is 0 Å². The van der Waals surface area contributed by atoms with E-state index in [2.05, 4.69) is 44.8 Å². The second kappa shape index (κ2) is 5.31. The summed E-state index contributed by atoms with van der Waals surface area (Å²) in [6.07, 6.45) is 2.71. The third-order valence-electron chi connectivity index (χ3n) is 4.02. The predicted octanol–water partition coefficient (Wildman–Crippen LogP) is 2.49. The smallest absolute Gasteiger partial charge is 0.0274 e. The minimum absolute atomic E-state index is 0.462. The highest BCUT2D eigenvalue weighted by Crippen LogP contribution is 2.39. The number of nitrogens with one attached hydrogen (secondary N) is 1. The average molecular weight is 212 g/mol. The first kappa shape index (κ1) is 13.0. The molecular weight excluding hydrogens is 184 g/mol. The van der Waals surface area contributed by atoms with Gasteiger partial charge >= 0.3 is 0 Å². The molecule has 2 atom stereocenters. The maximum Gasteiger partial charge on any atom is 0.0274 e. The Morgan fingerprint density at radius 3 is 2.27 bits per heavy atom. The molecule has 0 aromatic heterocycles. The topological polar surface area (TPSA) is 15.3 Å². The Balaban J connectivity index is 2.72. The van der Waals surface area contributed by atoms with Crippen LogP contribution in [0.2, 0.25) is 0 Å². The lowest BCUT2D eigenvalue weighted by molar-refractivity contribution is 0.157. The Morgan fingerprint density at radius 2 is 1.80 bits per heavy atom. The van der Waals surface area contributed by atoms with Crippen molar-refractivity contribution in [1.82, 2.24) is 10.2 Å². The standard InChI is InChI=1S/C13H28N2/c1-6-14-12-11(15(7-2)8-3)9-10-13(12,4)5/h11-12,14H,6-10H2,1-5H3. The van der Waals surface area contributed by atoms with E-state index in [0.717, 1.165) is 12.6 Å². The first-order chi connectivity index (χ1) is 7.06. The summed E-state index contributed by atoms with van der Waals surface area (Å²) < 4.78 is 0. The van der Waals surface area contributed by atoms with Crippen LogP contribution >= 0.6 is 0 Å². The summed E-state index contributed by atoms with van der Waals surface area (Å²) in [6, 6.07) is 1.41. The van der Waals surface area contributed by atoms with E-state index in [1.54, 1.807) is 0 Å². The summed E-state index contributed by atoms with van der Waals surface area (Å²) in [5.41, 5.74) is 0.462. The molecule has 15 heavy (non-hydrogen) atoms. The molecule has 90 valence electrons. The number of hydrogen-bond acceptors (Lipinski definition) is 2. The monoisotopic (exact) mass is 212 g/mol. The Kier molecular flexibility index (Phi) is 4.60. The molecule has 0 heterocycles. The van der Waals surface area contributed by atoms with Crippen LogP contribution in [0.5, 0.6) is 0 Å². The molecule has 0 saturated heterocycles. The van der Waals surface area contributed by atoms with Gasteiger partial charge in [-0.15, -0.1) is 0 Å². The van der Waals surface area contributed by atoms with Crippen LogP contribution in [-0.2, 0) is 0 Å². The lowest BCUT2D eigenvalue weighted by Crippen LogP contribution is -2.51. The van der Waals surface area contributed by atoms with Gasteiger partial charge < -0.3 is 5.32 Å². The van der Waals surface area contributed by atoms with E-state index in [1.165, 1.54) is 25.9 Å². The average Bonchev–Trinajstić information content (AvgIpc) is 2.48. The van der Waals surface area contributed by atoms with Crippen LogP contribution < -0.4 is 5.32 Å². The molecule has 1 N–H and O–H groups in total. The van der Waals surface area contributed by atoms with E-state index in [4.69, 9.17) is 0 Å². The number of likely N-dealkylation sites (N-methyl/N-ethyl adjacent to an activating group) is 2. The van der Waals surface area contributed by atoms with Crippen molar-refractivity contribution in [3.63, 3.8) is 0 Å². The van der Waals surface area contributed by atoms with E-state index in [0.29, 0.717) is 11.5 Å². The maximum absolute atomic E-state index is 3.69. The normalized spacial score (nSPS) is 30.0. The Labute approximate surface area is 95.4 Å². The van der Waals surface area contributed by atoms with Crippen molar-refractivity contribution >= 4 is 0 Å². The minimum Gasteiger partial charge on any atom is -0.312 e. The van der Waals surface area contributed by atoms with Gasteiger partial charge in [-0.05, 0) is 37.9 Å². The zero-order valence-electron chi connectivity index (χ0n) is 11.1. The third-order valence-corrected chi connectivity index (χ3v) is 4.02. The molecule has 1 rings (SSSR count). The lowest BCUT2D eigenvalue weighted by atomic mass is 9.86. The summed E-state index contributed by atoms with van der Waals surface area (Å²) in [5.74, 6) is 0. The quantitative estimate of drug-likeness (QED) is 0.753. The molecule has 1 aliphatic carbocycles. The second-order valence-corrected chi connectivity index (χ2v) is 5.35. The van der Waals surface area contributed by atoms with E-state index in [9.17, 15) is 0 Å². The predicted molar refractivity (Wildman–Crippen MR) is 67.2 cm³/mol. The summed E-state index contributed by atoms with van der Waals surface area (Å²) in [4.78, 5) is 2.61. The van der Waals surface area contributed by atoms with Crippen LogP contribution in [0.25, 0.3) is 0 Å². The molecule has 0 amide bonds. The number of nitrogens with zero attached hydrogens (tertiary/aromatic N) is 1. The zero-order chi connectivity index (χ0) is 11.5. The van der Waals surface area contributed by atoms with E-state index < -0.39 is 0 Å². The third kappa shape index (κ3) is 2.73. The molecule has 0 aliphatic heterocycles. The molecular formula is C13H28N2. The van der Waals surface area contributed by atoms with Crippen molar-refractivity contribution in [3.05, 3.63) is 0 Å². The van der Waals surface area contributed by atoms with Crippen LogP contribution in [0.3, 0.4) is 0 Å². The molecule has 0 aromatic carbocycles. The Morgan fingerprint density at radius 1 is 1.20 bits per heavy atom. The molecule has 2 heteroatoms. The molecule has 0 bridgehead atoms. The van der Waals surface area contributed by atoms with Gasteiger partial charge in [0.25, 0.3) is 0 Å². The van der Waals surface area contributed by atoms with Gasteiger partial charge in [-0.25, -0.2) is 0 Å². The second-order valence-electron chi connectivity index (χ2n) is 5.35. The summed E-state index contributed by atoms with van der Waals surface area (Å²) in [6.45, 7) is 15.0. The fourth-order valence-electron chi connectivity index (χ4n) is 3.08. The van der Waals surface area contributed by atoms with Gasteiger partial charge in [-0.2, -0.15) is 0 Å². The summed E-state index contributed by atoms with van der Waals surface area (Å²) in [7, 11) is 0. The molecule has 2 nitrogen and oxygen atoms in total. The van der Waals surface area contributed by atoms with E-state index in [1.807, 2.05) is 0 Å². The van der Waals surface area contributed by atoms with Crippen molar-refractivity contribution in [3.8, 4) is 0 Å². The van der Waals surface area contributed by atoms with Gasteiger partial charge in [0.1, 0.15) is 0 Å². The summed E-state index contributed by atoms with van der Waals surface area (Å²) >= 11 is 0. The molecule has 0 aromatic rings. The van der Waals surface area contributed by atoms with Crippen LogP contribution in [0, 0.1) is 5.41 Å². The Hall–Kier alpha value is -0.0800. The van der Waals surface area contributed by atoms with Crippen LogP contribution in [-0.4, -0.2) is 36.6 Å². The molecule has 2 unspecified atom stereocenters. The molecule has 0 radical (unpaired) electrons. The Bertz CT molecular complexity index is 185. The summed E-state index contributed by atoms with van der Waals surface area (Å²) in [5, 5.41) is 3.69. The molecule has 1 saturated carbocycles. The molecule has 1 aliphatic rings. The fourth-order valence-corrected chi connectivity index (χ4v) is 3.08. The van der Waals surface area contributed by atoms with Crippen molar-refractivity contribution in [2.75, 3.05) is 19.6 Å². The first-order valence-corrected chi connectivity index (χ1v) is 6.54. The highest BCUT2D eigenvalue weighted by molar-refractivity contribution is 5.00. The largest absolute Gasteiger partial charge is 0.312 e. The van der Waals surface area contributed by atoms with E-state index in [-0.39, 0.29) is 0 Å². The highest BCUT2D eigenvalue weighted by atomic mass is 15.2. The van der Waals surface area contributed by atoms with Crippen molar-refractivity contribution in [2.24, 2.45) is 5.41 Å².